The van der Waals surface area contributed by atoms with E-state index in [0.29, 0.717) is 31.9 Å². The topological polar surface area (TPSA) is 100.0 Å². The highest BCUT2D eigenvalue weighted by Gasteiger charge is 2.27. The third-order valence-corrected chi connectivity index (χ3v) is 3.73. The normalized spacial score (nSPS) is 19.1. The molecule has 1 unspecified atom stereocenters. The summed E-state index contributed by atoms with van der Waals surface area (Å²) >= 11 is 0. The van der Waals surface area contributed by atoms with Crippen LogP contribution in [0.3, 0.4) is 0 Å². The van der Waals surface area contributed by atoms with Crippen molar-refractivity contribution in [2.75, 3.05) is 26.2 Å². The van der Waals surface area contributed by atoms with Crippen LogP contribution in [0.25, 0.3) is 0 Å². The van der Waals surface area contributed by atoms with Crippen molar-refractivity contribution >= 4 is 11.7 Å². The Morgan fingerprint density at radius 2 is 2.10 bits per heavy atom. The number of amides is 1. The molecule has 1 aromatic rings. The van der Waals surface area contributed by atoms with E-state index in [4.69, 9.17) is 10.9 Å². The van der Waals surface area contributed by atoms with Gasteiger partial charge < -0.3 is 15.8 Å². The van der Waals surface area contributed by atoms with E-state index >= 15 is 0 Å². The molecule has 1 atom stereocenters. The fourth-order valence-electron chi connectivity index (χ4n) is 2.33. The van der Waals surface area contributed by atoms with Crippen LogP contribution in [0.4, 0.5) is 0 Å². The van der Waals surface area contributed by atoms with Gasteiger partial charge >= 0.3 is 0 Å². The summed E-state index contributed by atoms with van der Waals surface area (Å²) in [4.78, 5) is 16.2. The lowest BCUT2D eigenvalue weighted by atomic mass is 10.2. The van der Waals surface area contributed by atoms with Gasteiger partial charge in [0.2, 0.25) is 0 Å². The first-order valence-corrected chi connectivity index (χ1v) is 6.53. The Labute approximate surface area is 117 Å². The number of carbonyl (C=O) groups excluding carboxylic acids is 1. The minimum Gasteiger partial charge on any atom is -0.409 e. The Hall–Kier alpha value is -2.09. The van der Waals surface area contributed by atoms with Crippen molar-refractivity contribution in [2.24, 2.45) is 17.9 Å². The van der Waals surface area contributed by atoms with Crippen LogP contribution < -0.4 is 5.73 Å². The molecule has 110 valence electrons. The first-order chi connectivity index (χ1) is 9.54. The number of aryl methyl sites for hydroxylation is 1. The number of carbonyl (C=O) groups is 1. The average Bonchev–Trinajstić information content (AvgIpc) is 2.91. The molecule has 0 bridgehead atoms. The number of nitrogens with two attached hydrogens (primary N) is 1. The summed E-state index contributed by atoms with van der Waals surface area (Å²) in [6, 6.07) is 1.59. The molecular formula is C12H20N6O2. The average molecular weight is 280 g/mol. The molecule has 1 amide bonds. The van der Waals surface area contributed by atoms with Crippen molar-refractivity contribution < 1.29 is 10.0 Å². The van der Waals surface area contributed by atoms with Gasteiger partial charge in [-0.05, 0) is 13.0 Å². The number of amidine groups is 1. The van der Waals surface area contributed by atoms with Gasteiger partial charge in [0.05, 0.1) is 6.04 Å². The molecule has 8 heteroatoms. The number of oxime groups is 1. The van der Waals surface area contributed by atoms with Crippen LogP contribution in [0.5, 0.6) is 0 Å². The number of piperazine rings is 1. The highest BCUT2D eigenvalue weighted by molar-refractivity contribution is 5.92. The van der Waals surface area contributed by atoms with Gasteiger partial charge in [-0.25, -0.2) is 0 Å². The van der Waals surface area contributed by atoms with E-state index in [1.54, 1.807) is 28.9 Å². The summed E-state index contributed by atoms with van der Waals surface area (Å²) in [5.41, 5.74) is 6.19. The van der Waals surface area contributed by atoms with E-state index in [1.807, 2.05) is 6.92 Å². The number of hydrogen-bond donors (Lipinski definition) is 2. The predicted octanol–water partition coefficient (Wildman–Crippen LogP) is -0.687. The van der Waals surface area contributed by atoms with Gasteiger partial charge in [-0.2, -0.15) is 5.10 Å². The summed E-state index contributed by atoms with van der Waals surface area (Å²) in [5, 5.41) is 15.7. The molecule has 1 saturated heterocycles. The van der Waals surface area contributed by atoms with Gasteiger partial charge in [0, 0.05) is 39.4 Å². The zero-order valence-electron chi connectivity index (χ0n) is 11.7. The molecule has 0 saturated carbocycles. The third-order valence-electron chi connectivity index (χ3n) is 3.73. The van der Waals surface area contributed by atoms with Crippen LogP contribution in [0.15, 0.2) is 17.4 Å². The Morgan fingerprint density at radius 3 is 2.60 bits per heavy atom. The first kappa shape index (κ1) is 14.3. The van der Waals surface area contributed by atoms with E-state index in [9.17, 15) is 4.79 Å². The second-order valence-electron chi connectivity index (χ2n) is 4.87. The summed E-state index contributed by atoms with van der Waals surface area (Å²) in [7, 11) is 1.75. The first-order valence-electron chi connectivity index (χ1n) is 6.53. The van der Waals surface area contributed by atoms with Crippen molar-refractivity contribution in [2.45, 2.75) is 13.0 Å². The van der Waals surface area contributed by atoms with Crippen LogP contribution in [0.1, 0.15) is 17.4 Å². The van der Waals surface area contributed by atoms with Gasteiger partial charge in [0.1, 0.15) is 5.69 Å². The van der Waals surface area contributed by atoms with Crippen LogP contribution >= 0.6 is 0 Å². The molecule has 3 N–H and O–H groups in total. The predicted molar refractivity (Wildman–Crippen MR) is 73.6 cm³/mol. The third kappa shape index (κ3) is 2.74. The minimum atomic E-state index is -0.131. The molecule has 1 fully saturated rings. The number of nitrogens with zero attached hydrogens (tertiary/aromatic N) is 5. The molecule has 0 spiro atoms. The van der Waals surface area contributed by atoms with Crippen molar-refractivity contribution in [3.63, 3.8) is 0 Å². The monoisotopic (exact) mass is 280 g/mol. The molecule has 0 radical (unpaired) electrons. The Morgan fingerprint density at radius 1 is 1.45 bits per heavy atom. The van der Waals surface area contributed by atoms with Gasteiger partial charge in [-0.1, -0.05) is 5.16 Å². The van der Waals surface area contributed by atoms with Crippen LogP contribution in [0.2, 0.25) is 0 Å². The zero-order chi connectivity index (χ0) is 14.7. The SMILES string of the molecule is CC(C(N)=NO)N1CCN(C(=O)c2ccnn2C)CC1. The van der Waals surface area contributed by atoms with Crippen LogP contribution in [0, 0.1) is 0 Å². The van der Waals surface area contributed by atoms with E-state index < -0.39 is 0 Å². The fraction of sp³-hybridized carbons (Fsp3) is 0.583. The molecule has 2 rings (SSSR count). The van der Waals surface area contributed by atoms with Gasteiger partial charge in [0.25, 0.3) is 5.91 Å². The molecule has 2 heterocycles. The fourth-order valence-corrected chi connectivity index (χ4v) is 2.33. The van der Waals surface area contributed by atoms with Crippen molar-refractivity contribution in [3.8, 4) is 0 Å². The zero-order valence-corrected chi connectivity index (χ0v) is 11.7. The van der Waals surface area contributed by atoms with E-state index in [0.717, 1.165) is 0 Å². The summed E-state index contributed by atoms with van der Waals surface area (Å²) in [6.45, 7) is 4.51. The second-order valence-corrected chi connectivity index (χ2v) is 4.87. The minimum absolute atomic E-state index is 0.0129. The number of aromatic nitrogens is 2. The summed E-state index contributed by atoms with van der Waals surface area (Å²) in [5.74, 6) is 0.178. The molecule has 0 aliphatic carbocycles. The molecule has 1 aliphatic rings. The van der Waals surface area contributed by atoms with E-state index in [-0.39, 0.29) is 17.8 Å². The van der Waals surface area contributed by atoms with E-state index in [2.05, 4.69) is 15.2 Å². The van der Waals surface area contributed by atoms with Gasteiger partial charge in [0.15, 0.2) is 5.84 Å². The Balaban J connectivity index is 1.95. The van der Waals surface area contributed by atoms with Crippen molar-refractivity contribution in [1.82, 2.24) is 19.6 Å². The highest BCUT2D eigenvalue weighted by atomic mass is 16.4. The Bertz CT molecular complexity index is 504. The summed E-state index contributed by atoms with van der Waals surface area (Å²) in [6.07, 6.45) is 1.62. The number of rotatable bonds is 3. The van der Waals surface area contributed by atoms with Gasteiger partial charge in [-0.15, -0.1) is 0 Å². The molecule has 1 aromatic heterocycles. The molecule has 20 heavy (non-hydrogen) atoms. The van der Waals surface area contributed by atoms with Crippen molar-refractivity contribution in [3.05, 3.63) is 18.0 Å². The maximum Gasteiger partial charge on any atom is 0.272 e. The summed E-state index contributed by atoms with van der Waals surface area (Å²) < 4.78 is 1.58. The molecular weight excluding hydrogens is 260 g/mol. The second kappa shape index (κ2) is 5.91. The van der Waals surface area contributed by atoms with Crippen LogP contribution in [-0.2, 0) is 7.05 Å². The lowest BCUT2D eigenvalue weighted by Gasteiger charge is -2.37. The van der Waals surface area contributed by atoms with Crippen LogP contribution in [-0.4, -0.2) is 68.8 Å². The standard InChI is InChI=1S/C12H20N6O2/c1-9(11(13)15-20)17-5-7-18(8-6-17)12(19)10-3-4-14-16(10)2/h3-4,9,20H,5-8H2,1-2H3,(H2,13,15). The lowest BCUT2D eigenvalue weighted by Crippen LogP contribution is -2.54. The Kier molecular flexibility index (Phi) is 4.23. The molecule has 8 nitrogen and oxygen atoms in total. The molecule has 1 aliphatic heterocycles. The largest absolute Gasteiger partial charge is 0.409 e. The van der Waals surface area contributed by atoms with Gasteiger partial charge in [-0.3, -0.25) is 14.4 Å². The smallest absolute Gasteiger partial charge is 0.272 e. The molecule has 0 aromatic carbocycles. The maximum absolute atomic E-state index is 12.3. The van der Waals surface area contributed by atoms with Crippen molar-refractivity contribution in [1.29, 1.82) is 0 Å². The highest BCUT2D eigenvalue weighted by Crippen LogP contribution is 2.10. The number of hydrogen-bond acceptors (Lipinski definition) is 5. The lowest BCUT2D eigenvalue weighted by molar-refractivity contribution is 0.0608. The van der Waals surface area contributed by atoms with E-state index in [1.165, 1.54) is 0 Å². The quantitative estimate of drug-likeness (QED) is 0.330. The maximum atomic E-state index is 12.3.